The number of aliphatic hydroxyl groups is 1. The van der Waals surface area contributed by atoms with Gasteiger partial charge in [0.15, 0.2) is 0 Å². The Morgan fingerprint density at radius 3 is 2.26 bits per heavy atom. The summed E-state index contributed by atoms with van der Waals surface area (Å²) in [6.07, 6.45) is 4.12. The Bertz CT molecular complexity index is 710. The molecule has 0 saturated carbocycles. The fourth-order valence-electron chi connectivity index (χ4n) is 2.64. The maximum Gasteiger partial charge on any atom is 0.150 e. The minimum atomic E-state index is -0.379. The topological polar surface area (TPSA) is 58.6 Å². The third-order valence-electron chi connectivity index (χ3n) is 4.00. The molecule has 4 nitrogen and oxygen atoms in total. The molecule has 31 heavy (non-hydrogen) atoms. The van der Waals surface area contributed by atoms with E-state index in [2.05, 4.69) is 32.3 Å². The predicted molar refractivity (Wildman–Crippen MR) is 136 cm³/mol. The number of aliphatic hydroxyl groups excluding tert-OH is 1. The number of ether oxygens (including phenoxy) is 1. The zero-order valence-corrected chi connectivity index (χ0v) is 21.1. The van der Waals surface area contributed by atoms with Gasteiger partial charge in [0.2, 0.25) is 0 Å². The van der Waals surface area contributed by atoms with Gasteiger partial charge in [-0.1, -0.05) is 46.8 Å². The fourth-order valence-corrected chi connectivity index (χ4v) is 3.05. The lowest BCUT2D eigenvalue weighted by Crippen LogP contribution is -2.09. The van der Waals surface area contributed by atoms with Gasteiger partial charge < -0.3 is 15.2 Å². The largest absolute Gasteiger partial charge is 0.457 e. The Morgan fingerprint density at radius 2 is 1.77 bits per heavy atom. The van der Waals surface area contributed by atoms with Crippen LogP contribution in [0.15, 0.2) is 42.5 Å². The van der Waals surface area contributed by atoms with Crippen molar-refractivity contribution in [1.82, 2.24) is 5.32 Å². The van der Waals surface area contributed by atoms with Crippen LogP contribution in [0.1, 0.15) is 68.6 Å². The number of carbonyl (C=O) groups is 1. The molecule has 1 atom stereocenters. The highest BCUT2D eigenvalue weighted by atomic mass is 32.2. The molecule has 0 aromatic heterocycles. The number of hydrogen-bond donors (Lipinski definition) is 2. The van der Waals surface area contributed by atoms with E-state index in [1.165, 1.54) is 5.75 Å². The summed E-state index contributed by atoms with van der Waals surface area (Å²) < 4.78 is 5.84. The summed E-state index contributed by atoms with van der Waals surface area (Å²) >= 11 is 1.86. The smallest absolute Gasteiger partial charge is 0.150 e. The van der Waals surface area contributed by atoms with E-state index in [1.54, 1.807) is 24.3 Å². The molecular weight excluding hydrogens is 406 g/mol. The lowest BCUT2D eigenvalue weighted by Gasteiger charge is -2.11. The van der Waals surface area contributed by atoms with Crippen LogP contribution in [-0.2, 0) is 6.42 Å². The van der Waals surface area contributed by atoms with Crippen molar-refractivity contribution in [1.29, 1.82) is 0 Å². The average molecular weight is 448 g/mol. The Balaban J connectivity index is 0.000000629. The number of nitrogens with one attached hydrogen (secondary N) is 1. The molecule has 0 heterocycles. The summed E-state index contributed by atoms with van der Waals surface area (Å²) in [4.78, 5) is 10.6. The molecule has 1 aliphatic rings. The molecule has 174 valence electrons. The first-order valence-corrected chi connectivity index (χ1v) is 12.5. The van der Waals surface area contributed by atoms with Gasteiger partial charge in [-0.25, -0.2) is 0 Å². The first-order valence-electron chi connectivity index (χ1n) is 11.1. The Labute approximate surface area is 193 Å². The molecule has 0 bridgehead atoms. The third-order valence-corrected chi connectivity index (χ3v) is 4.61. The van der Waals surface area contributed by atoms with Crippen molar-refractivity contribution in [2.24, 2.45) is 5.92 Å². The van der Waals surface area contributed by atoms with Crippen molar-refractivity contribution in [2.75, 3.05) is 25.6 Å². The summed E-state index contributed by atoms with van der Waals surface area (Å²) in [6.45, 7) is 11.6. The first-order chi connectivity index (χ1) is 14.9. The van der Waals surface area contributed by atoms with Crippen LogP contribution in [0.4, 0.5) is 0 Å². The van der Waals surface area contributed by atoms with Gasteiger partial charge >= 0.3 is 0 Å². The number of benzene rings is 2. The molecule has 1 aliphatic carbocycles. The van der Waals surface area contributed by atoms with Gasteiger partial charge in [0.1, 0.15) is 17.8 Å². The molecular formula is C26H41NO3S. The molecule has 2 aromatic rings. The minimum absolute atomic E-state index is 0.379. The van der Waals surface area contributed by atoms with Crippen LogP contribution in [0.2, 0.25) is 0 Å². The van der Waals surface area contributed by atoms with Gasteiger partial charge in [0.25, 0.3) is 0 Å². The molecule has 2 N–H and O–H groups in total. The lowest BCUT2D eigenvalue weighted by atomic mass is 10.1. The number of aldehydes is 1. The zero-order valence-electron chi connectivity index (χ0n) is 20.3. The third kappa shape index (κ3) is 12.0. The van der Waals surface area contributed by atoms with Crippen molar-refractivity contribution in [2.45, 2.75) is 53.6 Å². The monoisotopic (exact) mass is 447 g/mol. The van der Waals surface area contributed by atoms with E-state index in [9.17, 15) is 9.90 Å². The second-order valence-corrected chi connectivity index (χ2v) is 8.48. The molecule has 0 saturated heterocycles. The van der Waals surface area contributed by atoms with Crippen LogP contribution >= 0.6 is 11.8 Å². The molecule has 0 spiro atoms. The maximum atomic E-state index is 10.6. The quantitative estimate of drug-likeness (QED) is 0.389. The minimum Gasteiger partial charge on any atom is -0.457 e. The van der Waals surface area contributed by atoms with Crippen molar-refractivity contribution < 1.29 is 14.6 Å². The van der Waals surface area contributed by atoms with Crippen LogP contribution < -0.4 is 10.1 Å². The molecule has 0 amide bonds. The first kappa shape index (κ1) is 29.2. The van der Waals surface area contributed by atoms with Crippen LogP contribution in [0.25, 0.3) is 0 Å². The van der Waals surface area contributed by atoms with Crippen LogP contribution in [-0.4, -0.2) is 37.0 Å². The number of fused-ring (bicyclic) bond motifs is 1. The van der Waals surface area contributed by atoms with Crippen LogP contribution in [0.5, 0.6) is 11.5 Å². The van der Waals surface area contributed by atoms with Crippen LogP contribution in [0.3, 0.4) is 0 Å². The van der Waals surface area contributed by atoms with E-state index in [4.69, 9.17) is 4.74 Å². The molecule has 2 aromatic carbocycles. The summed E-state index contributed by atoms with van der Waals surface area (Å²) in [6, 6.07) is 12.7. The van der Waals surface area contributed by atoms with E-state index >= 15 is 0 Å². The second-order valence-electron chi connectivity index (χ2n) is 7.50. The van der Waals surface area contributed by atoms with Crippen molar-refractivity contribution >= 4 is 18.0 Å². The standard InChI is InChI=1S/C16H14O3.C4H11NS.C4H10.C2H6/c17-10-11-4-6-12(7-5-11)19-16-3-1-2-13-14(16)8-9-15(13)18;1-5-3-4-6-2;1-4(2)3;1-2/h1-7,10,15,18H,8-9H2;5H,3-4H2,1-2H3;4H,1-3H3;1-2H3. The van der Waals surface area contributed by atoms with Gasteiger partial charge in [0.05, 0.1) is 6.10 Å². The summed E-state index contributed by atoms with van der Waals surface area (Å²) in [5, 5.41) is 12.9. The van der Waals surface area contributed by atoms with E-state index in [-0.39, 0.29) is 6.10 Å². The van der Waals surface area contributed by atoms with E-state index in [0.29, 0.717) is 11.3 Å². The van der Waals surface area contributed by atoms with Gasteiger partial charge in [-0.05, 0) is 68.0 Å². The Kier molecular flexibility index (Phi) is 16.8. The van der Waals surface area contributed by atoms with Gasteiger partial charge in [-0.2, -0.15) is 11.8 Å². The van der Waals surface area contributed by atoms with Gasteiger partial charge in [-0.15, -0.1) is 0 Å². The number of carbonyl (C=O) groups excluding carboxylic acids is 1. The highest BCUT2D eigenvalue weighted by Crippen LogP contribution is 2.38. The number of hydrogen-bond acceptors (Lipinski definition) is 5. The van der Waals surface area contributed by atoms with E-state index < -0.39 is 0 Å². The summed E-state index contributed by atoms with van der Waals surface area (Å²) in [5.74, 6) is 3.53. The average Bonchev–Trinajstić information content (AvgIpc) is 3.16. The number of thioether (sulfide) groups is 1. The molecule has 0 aliphatic heterocycles. The second kappa shape index (κ2) is 17.8. The molecule has 0 radical (unpaired) electrons. The Hall–Kier alpha value is -1.82. The van der Waals surface area contributed by atoms with Crippen molar-refractivity contribution in [3.05, 3.63) is 59.2 Å². The fraction of sp³-hybridized carbons (Fsp3) is 0.500. The maximum absolute atomic E-state index is 10.6. The number of rotatable bonds is 6. The molecule has 0 fully saturated rings. The molecule has 3 rings (SSSR count). The van der Waals surface area contributed by atoms with E-state index in [0.717, 1.165) is 48.5 Å². The van der Waals surface area contributed by atoms with Crippen molar-refractivity contribution in [3.63, 3.8) is 0 Å². The van der Waals surface area contributed by atoms with E-state index in [1.807, 2.05) is 50.9 Å². The lowest BCUT2D eigenvalue weighted by molar-refractivity contribution is 0.112. The van der Waals surface area contributed by atoms with Gasteiger partial charge in [0, 0.05) is 23.4 Å². The predicted octanol–water partition coefficient (Wildman–Crippen LogP) is 6.53. The zero-order chi connectivity index (χ0) is 23.6. The highest BCUT2D eigenvalue weighted by molar-refractivity contribution is 7.98. The molecule has 1 unspecified atom stereocenters. The SMILES string of the molecule is CC.CC(C)C.CNCCSC.O=Cc1ccc(Oc2cccc3c2CCC3O)cc1. The molecule has 5 heteroatoms. The normalized spacial score (nSPS) is 13.5. The summed E-state index contributed by atoms with van der Waals surface area (Å²) in [7, 11) is 1.97. The van der Waals surface area contributed by atoms with Crippen LogP contribution in [0, 0.1) is 5.92 Å². The van der Waals surface area contributed by atoms with Gasteiger partial charge in [-0.3, -0.25) is 4.79 Å². The van der Waals surface area contributed by atoms with Crippen molar-refractivity contribution in [3.8, 4) is 11.5 Å². The highest BCUT2D eigenvalue weighted by Gasteiger charge is 2.23. The summed E-state index contributed by atoms with van der Waals surface area (Å²) in [5.41, 5.74) is 2.66. The Morgan fingerprint density at radius 1 is 1.16 bits per heavy atom.